The second kappa shape index (κ2) is 3.81. The Bertz CT molecular complexity index is 301. The summed E-state index contributed by atoms with van der Waals surface area (Å²) in [5.74, 6) is 0.0962. The first-order valence-corrected chi connectivity index (χ1v) is 3.79. The molecular weight excluding hydrogens is 150 g/mol. The zero-order valence-electron chi connectivity index (χ0n) is 7.24. The molecule has 2 nitrogen and oxygen atoms in total. The molecule has 0 amide bonds. The highest BCUT2D eigenvalue weighted by Gasteiger charge is 1.95. The van der Waals surface area contributed by atoms with Gasteiger partial charge in [0.1, 0.15) is 0 Å². The van der Waals surface area contributed by atoms with Crippen molar-refractivity contribution in [2.45, 2.75) is 13.8 Å². The van der Waals surface area contributed by atoms with Gasteiger partial charge in [0, 0.05) is 12.4 Å². The number of rotatable bonds is 2. The Morgan fingerprint density at radius 2 is 2.25 bits per heavy atom. The van der Waals surface area contributed by atoms with E-state index in [0.717, 1.165) is 11.1 Å². The first-order valence-electron chi connectivity index (χ1n) is 3.79. The number of hydrogen-bond acceptors (Lipinski definition) is 2. The second-order valence-electron chi connectivity index (χ2n) is 2.67. The maximum absolute atomic E-state index is 10.9. The molecule has 0 unspecified atom stereocenters. The molecule has 0 N–H and O–H groups in total. The molecule has 0 aromatic carbocycles. The average molecular weight is 161 g/mol. The molecule has 1 rings (SSSR count). The summed E-state index contributed by atoms with van der Waals surface area (Å²) >= 11 is 0. The van der Waals surface area contributed by atoms with Crippen LogP contribution in [0.15, 0.2) is 30.1 Å². The number of Topliss-reactive ketones (excluding diaryl/α,β-unsaturated/α-hetero) is 1. The van der Waals surface area contributed by atoms with Crippen LogP contribution in [0, 0.1) is 0 Å². The highest BCUT2D eigenvalue weighted by atomic mass is 16.1. The molecule has 0 aliphatic rings. The topological polar surface area (TPSA) is 30.0 Å². The highest BCUT2D eigenvalue weighted by molar-refractivity contribution is 5.96. The van der Waals surface area contributed by atoms with Crippen LogP contribution < -0.4 is 0 Å². The summed E-state index contributed by atoms with van der Waals surface area (Å²) in [7, 11) is 0. The Hall–Kier alpha value is -1.44. The standard InChI is InChI=1S/C10H11NO/c1-8(9(2)12)6-10-4-3-5-11-7-10/h3-7H,1-2H3/b8-6+. The van der Waals surface area contributed by atoms with Crippen LogP contribution in [0.2, 0.25) is 0 Å². The Balaban J connectivity index is 2.89. The number of aromatic nitrogens is 1. The number of pyridine rings is 1. The van der Waals surface area contributed by atoms with E-state index in [1.165, 1.54) is 0 Å². The molecule has 62 valence electrons. The first kappa shape index (κ1) is 8.65. The van der Waals surface area contributed by atoms with Gasteiger partial charge in [-0.25, -0.2) is 0 Å². The summed E-state index contributed by atoms with van der Waals surface area (Å²) in [4.78, 5) is 14.8. The third kappa shape index (κ3) is 2.31. The van der Waals surface area contributed by atoms with Gasteiger partial charge < -0.3 is 0 Å². The summed E-state index contributed by atoms with van der Waals surface area (Å²) in [6.07, 6.45) is 5.27. The lowest BCUT2D eigenvalue weighted by Gasteiger charge is -1.94. The van der Waals surface area contributed by atoms with Gasteiger partial charge in [-0.15, -0.1) is 0 Å². The molecule has 0 saturated heterocycles. The van der Waals surface area contributed by atoms with Crippen molar-refractivity contribution in [3.8, 4) is 0 Å². The molecule has 0 atom stereocenters. The van der Waals surface area contributed by atoms with Crippen LogP contribution in [-0.4, -0.2) is 10.8 Å². The van der Waals surface area contributed by atoms with Crippen LogP contribution in [0.4, 0.5) is 0 Å². The molecule has 0 aliphatic heterocycles. The van der Waals surface area contributed by atoms with E-state index in [2.05, 4.69) is 4.98 Å². The van der Waals surface area contributed by atoms with Crippen LogP contribution in [0.5, 0.6) is 0 Å². The molecule has 0 aliphatic carbocycles. The van der Waals surface area contributed by atoms with Gasteiger partial charge in [0.05, 0.1) is 0 Å². The van der Waals surface area contributed by atoms with Gasteiger partial charge >= 0.3 is 0 Å². The molecule has 0 saturated carbocycles. The normalized spacial score (nSPS) is 11.3. The van der Waals surface area contributed by atoms with Gasteiger partial charge in [-0.2, -0.15) is 0 Å². The molecule has 1 aromatic heterocycles. The molecule has 1 aromatic rings. The quantitative estimate of drug-likeness (QED) is 0.621. The number of ketones is 1. The van der Waals surface area contributed by atoms with E-state index in [0.29, 0.717) is 0 Å². The van der Waals surface area contributed by atoms with Crippen molar-refractivity contribution in [2.24, 2.45) is 0 Å². The molecule has 0 radical (unpaired) electrons. The lowest BCUT2D eigenvalue weighted by atomic mass is 10.1. The number of carbonyl (C=O) groups is 1. The van der Waals surface area contributed by atoms with Crippen molar-refractivity contribution in [3.63, 3.8) is 0 Å². The van der Waals surface area contributed by atoms with Crippen LogP contribution in [0.25, 0.3) is 6.08 Å². The van der Waals surface area contributed by atoms with Gasteiger partial charge in [-0.05, 0) is 37.1 Å². The molecule has 0 spiro atoms. The second-order valence-corrected chi connectivity index (χ2v) is 2.67. The van der Waals surface area contributed by atoms with E-state index in [9.17, 15) is 4.79 Å². The fraction of sp³-hybridized carbons (Fsp3) is 0.200. The summed E-state index contributed by atoms with van der Waals surface area (Å²) in [5.41, 5.74) is 1.72. The predicted octanol–water partition coefficient (Wildman–Crippen LogP) is 2.07. The summed E-state index contributed by atoms with van der Waals surface area (Å²) in [5, 5.41) is 0. The van der Waals surface area contributed by atoms with Crippen molar-refractivity contribution < 1.29 is 4.79 Å². The SMILES string of the molecule is CC(=O)/C(C)=C/c1cccnc1. The minimum absolute atomic E-state index is 0.0962. The predicted molar refractivity (Wildman–Crippen MR) is 48.6 cm³/mol. The van der Waals surface area contributed by atoms with E-state index >= 15 is 0 Å². The van der Waals surface area contributed by atoms with Crippen LogP contribution in [-0.2, 0) is 4.79 Å². The third-order valence-corrected chi connectivity index (χ3v) is 1.62. The van der Waals surface area contributed by atoms with E-state index in [1.807, 2.05) is 18.2 Å². The minimum atomic E-state index is 0.0962. The van der Waals surface area contributed by atoms with Gasteiger partial charge in [0.25, 0.3) is 0 Å². The Morgan fingerprint density at radius 3 is 2.75 bits per heavy atom. The van der Waals surface area contributed by atoms with E-state index < -0.39 is 0 Å². The molecule has 12 heavy (non-hydrogen) atoms. The average Bonchev–Trinajstić information content (AvgIpc) is 2.06. The Labute approximate surface area is 71.9 Å². The van der Waals surface area contributed by atoms with Crippen LogP contribution in [0.1, 0.15) is 19.4 Å². The Morgan fingerprint density at radius 1 is 1.50 bits per heavy atom. The maximum atomic E-state index is 10.9. The molecule has 2 heteroatoms. The minimum Gasteiger partial charge on any atom is -0.295 e. The highest BCUT2D eigenvalue weighted by Crippen LogP contribution is 2.04. The smallest absolute Gasteiger partial charge is 0.155 e. The van der Waals surface area contributed by atoms with E-state index in [-0.39, 0.29) is 5.78 Å². The van der Waals surface area contributed by atoms with Crippen molar-refractivity contribution in [2.75, 3.05) is 0 Å². The molecule has 0 bridgehead atoms. The van der Waals surface area contributed by atoms with Crippen molar-refractivity contribution in [1.82, 2.24) is 4.98 Å². The fourth-order valence-corrected chi connectivity index (χ4v) is 0.813. The monoisotopic (exact) mass is 161 g/mol. The number of allylic oxidation sites excluding steroid dienone is 1. The van der Waals surface area contributed by atoms with Crippen LogP contribution >= 0.6 is 0 Å². The molecule has 0 fully saturated rings. The maximum Gasteiger partial charge on any atom is 0.155 e. The largest absolute Gasteiger partial charge is 0.295 e. The lowest BCUT2D eigenvalue weighted by Crippen LogP contribution is -1.90. The summed E-state index contributed by atoms with van der Waals surface area (Å²) in [6, 6.07) is 3.76. The van der Waals surface area contributed by atoms with Crippen LogP contribution in [0.3, 0.4) is 0 Å². The Kier molecular flexibility index (Phi) is 2.75. The van der Waals surface area contributed by atoms with Crippen molar-refractivity contribution in [1.29, 1.82) is 0 Å². The fourth-order valence-electron chi connectivity index (χ4n) is 0.813. The van der Waals surface area contributed by atoms with Gasteiger partial charge in [-0.3, -0.25) is 9.78 Å². The zero-order chi connectivity index (χ0) is 8.97. The van der Waals surface area contributed by atoms with Crippen molar-refractivity contribution in [3.05, 3.63) is 35.7 Å². The first-order chi connectivity index (χ1) is 5.70. The number of carbonyl (C=O) groups excluding carboxylic acids is 1. The van der Waals surface area contributed by atoms with Gasteiger partial charge in [0.15, 0.2) is 5.78 Å². The summed E-state index contributed by atoms with van der Waals surface area (Å²) in [6.45, 7) is 3.36. The third-order valence-electron chi connectivity index (χ3n) is 1.62. The van der Waals surface area contributed by atoms with Gasteiger partial charge in [0.2, 0.25) is 0 Å². The zero-order valence-corrected chi connectivity index (χ0v) is 7.24. The number of hydrogen-bond donors (Lipinski definition) is 0. The summed E-state index contributed by atoms with van der Waals surface area (Å²) < 4.78 is 0. The lowest BCUT2D eigenvalue weighted by molar-refractivity contribution is -0.113. The molecule has 1 heterocycles. The number of nitrogens with zero attached hydrogens (tertiary/aromatic N) is 1. The molecular formula is C10H11NO. The van der Waals surface area contributed by atoms with Crippen molar-refractivity contribution >= 4 is 11.9 Å². The van der Waals surface area contributed by atoms with E-state index in [1.54, 1.807) is 26.2 Å². The van der Waals surface area contributed by atoms with E-state index in [4.69, 9.17) is 0 Å². The van der Waals surface area contributed by atoms with Gasteiger partial charge in [-0.1, -0.05) is 6.07 Å².